The van der Waals surface area contributed by atoms with Crippen LogP contribution in [0.15, 0.2) is 17.9 Å². The number of aromatic nitrogens is 3. The van der Waals surface area contributed by atoms with Crippen molar-refractivity contribution in [3.05, 3.63) is 34.3 Å². The number of hydrogen-bond acceptors (Lipinski definition) is 7. The Hall–Kier alpha value is -1.77. The first-order valence-electron chi connectivity index (χ1n) is 5.48. The molecular formula is C11H13N3O4S. The first-order chi connectivity index (χ1) is 9.17. The average Bonchev–Trinajstić information content (AvgIpc) is 3.06. The van der Waals surface area contributed by atoms with Crippen molar-refractivity contribution < 1.29 is 19.7 Å². The molecule has 2 N–H and O–H groups in total. The van der Waals surface area contributed by atoms with Crippen LogP contribution in [0.2, 0.25) is 0 Å². The van der Waals surface area contributed by atoms with Gasteiger partial charge in [-0.3, -0.25) is 0 Å². The second kappa shape index (κ2) is 5.91. The van der Waals surface area contributed by atoms with Crippen LogP contribution < -0.4 is 0 Å². The Kier molecular flexibility index (Phi) is 4.25. The Balaban J connectivity index is 2.21. The topological polar surface area (TPSA) is 97.5 Å². The monoisotopic (exact) mass is 283 g/mol. The predicted octanol–water partition coefficient (Wildman–Crippen LogP) is 0.352. The van der Waals surface area contributed by atoms with Crippen LogP contribution in [0.4, 0.5) is 0 Å². The number of rotatable bonds is 5. The number of nitrogens with zero attached hydrogens (tertiary/aromatic N) is 3. The van der Waals surface area contributed by atoms with Crippen molar-refractivity contribution in [3.63, 3.8) is 0 Å². The van der Waals surface area contributed by atoms with E-state index in [4.69, 9.17) is 0 Å². The first kappa shape index (κ1) is 13.7. The van der Waals surface area contributed by atoms with Gasteiger partial charge in [0.25, 0.3) is 0 Å². The van der Waals surface area contributed by atoms with Gasteiger partial charge in [0.1, 0.15) is 11.1 Å². The lowest BCUT2D eigenvalue weighted by molar-refractivity contribution is 0.0589. The van der Waals surface area contributed by atoms with Crippen LogP contribution in [0.1, 0.15) is 27.3 Å². The third-order valence-electron chi connectivity index (χ3n) is 2.58. The normalized spacial score (nSPS) is 12.4. The Morgan fingerprint density at radius 2 is 2.37 bits per heavy atom. The summed E-state index contributed by atoms with van der Waals surface area (Å²) in [6.07, 6.45) is 2.17. The van der Waals surface area contributed by atoms with Gasteiger partial charge in [0, 0.05) is 11.6 Å². The van der Waals surface area contributed by atoms with Gasteiger partial charge in [-0.25, -0.2) is 14.8 Å². The SMILES string of the molecule is COC(=O)c1ncn(CC(O)c2nccs2)c1CO. The number of carbonyl (C=O) groups is 1. The smallest absolute Gasteiger partial charge is 0.358 e. The van der Waals surface area contributed by atoms with Crippen LogP contribution in [0.3, 0.4) is 0 Å². The highest BCUT2D eigenvalue weighted by Crippen LogP contribution is 2.19. The molecule has 0 aliphatic heterocycles. The summed E-state index contributed by atoms with van der Waals surface area (Å²) in [7, 11) is 1.24. The first-order valence-corrected chi connectivity index (χ1v) is 6.36. The molecule has 0 saturated carbocycles. The fraction of sp³-hybridized carbons (Fsp3) is 0.364. The summed E-state index contributed by atoms with van der Waals surface area (Å²) < 4.78 is 6.08. The van der Waals surface area contributed by atoms with Crippen molar-refractivity contribution in [2.24, 2.45) is 0 Å². The zero-order valence-electron chi connectivity index (χ0n) is 10.2. The molecule has 7 nitrogen and oxygen atoms in total. The van der Waals surface area contributed by atoms with Gasteiger partial charge in [-0.1, -0.05) is 0 Å². The van der Waals surface area contributed by atoms with Crippen molar-refractivity contribution in [3.8, 4) is 0 Å². The highest BCUT2D eigenvalue weighted by molar-refractivity contribution is 7.09. The molecule has 0 aliphatic rings. The molecule has 0 amide bonds. The zero-order valence-corrected chi connectivity index (χ0v) is 11.0. The third-order valence-corrected chi connectivity index (χ3v) is 3.46. The number of aliphatic hydroxyl groups excluding tert-OH is 2. The quantitative estimate of drug-likeness (QED) is 0.769. The van der Waals surface area contributed by atoms with Gasteiger partial charge in [0.05, 0.1) is 32.3 Å². The lowest BCUT2D eigenvalue weighted by Gasteiger charge is -2.11. The second-order valence-electron chi connectivity index (χ2n) is 3.73. The molecule has 2 aromatic heterocycles. The molecule has 1 atom stereocenters. The van der Waals surface area contributed by atoms with Crippen LogP contribution in [-0.2, 0) is 17.9 Å². The number of esters is 1. The van der Waals surface area contributed by atoms with E-state index >= 15 is 0 Å². The van der Waals surface area contributed by atoms with Gasteiger partial charge in [-0.2, -0.15) is 0 Å². The number of carbonyl (C=O) groups excluding carboxylic acids is 1. The molecule has 0 fully saturated rings. The number of ether oxygens (including phenoxy) is 1. The van der Waals surface area contributed by atoms with Crippen LogP contribution >= 0.6 is 11.3 Å². The molecular weight excluding hydrogens is 270 g/mol. The predicted molar refractivity (Wildman–Crippen MR) is 66.6 cm³/mol. The van der Waals surface area contributed by atoms with Crippen molar-refractivity contribution in [2.45, 2.75) is 19.3 Å². The van der Waals surface area contributed by atoms with Gasteiger partial charge in [0.2, 0.25) is 0 Å². The summed E-state index contributed by atoms with van der Waals surface area (Å²) in [5, 5.41) is 21.6. The lowest BCUT2D eigenvalue weighted by Crippen LogP contribution is -2.13. The van der Waals surface area contributed by atoms with Crippen LogP contribution in [-0.4, -0.2) is 37.8 Å². The van der Waals surface area contributed by atoms with Crippen molar-refractivity contribution in [1.29, 1.82) is 0 Å². The zero-order chi connectivity index (χ0) is 13.8. The van der Waals surface area contributed by atoms with E-state index in [1.807, 2.05) is 0 Å². The van der Waals surface area contributed by atoms with E-state index < -0.39 is 12.1 Å². The Labute approximate surface area is 113 Å². The second-order valence-corrected chi connectivity index (χ2v) is 4.65. The largest absolute Gasteiger partial charge is 0.464 e. The van der Waals surface area contributed by atoms with Gasteiger partial charge in [-0.05, 0) is 0 Å². The summed E-state index contributed by atoms with van der Waals surface area (Å²) >= 11 is 1.33. The minimum Gasteiger partial charge on any atom is -0.464 e. The maximum absolute atomic E-state index is 11.4. The third kappa shape index (κ3) is 2.80. The summed E-state index contributed by atoms with van der Waals surface area (Å²) in [5.74, 6) is -0.619. The van der Waals surface area contributed by atoms with Crippen LogP contribution in [0.25, 0.3) is 0 Å². The van der Waals surface area contributed by atoms with Crippen LogP contribution in [0.5, 0.6) is 0 Å². The molecule has 0 saturated heterocycles. The standard InChI is InChI=1S/C11H13N3O4S/c1-18-11(17)9-7(5-15)14(6-13-9)4-8(16)10-12-2-3-19-10/h2-3,6,8,15-16H,4-5H2,1H3. The molecule has 19 heavy (non-hydrogen) atoms. The summed E-state index contributed by atoms with van der Waals surface area (Å²) in [5.41, 5.74) is 0.360. The van der Waals surface area contributed by atoms with Crippen molar-refractivity contribution in [2.75, 3.05) is 7.11 Å². The van der Waals surface area contributed by atoms with E-state index in [-0.39, 0.29) is 18.8 Å². The molecule has 102 valence electrons. The molecule has 0 aliphatic carbocycles. The number of thiazole rings is 1. The summed E-state index contributed by atoms with van der Waals surface area (Å²) in [4.78, 5) is 19.3. The van der Waals surface area contributed by atoms with Gasteiger partial charge >= 0.3 is 5.97 Å². The molecule has 2 heterocycles. The molecule has 0 radical (unpaired) electrons. The van der Waals surface area contributed by atoms with E-state index in [1.165, 1.54) is 29.3 Å². The van der Waals surface area contributed by atoms with E-state index in [0.717, 1.165) is 0 Å². The molecule has 1 unspecified atom stereocenters. The minimum atomic E-state index is -0.815. The molecule has 0 bridgehead atoms. The number of methoxy groups -OCH3 is 1. The summed E-state index contributed by atoms with van der Waals surface area (Å²) in [6.45, 7) is -0.206. The Bertz CT molecular complexity index is 552. The lowest BCUT2D eigenvalue weighted by atomic mass is 10.3. The average molecular weight is 283 g/mol. The Morgan fingerprint density at radius 1 is 1.58 bits per heavy atom. The van der Waals surface area contributed by atoms with Crippen molar-refractivity contribution >= 4 is 17.3 Å². The van der Waals surface area contributed by atoms with E-state index in [2.05, 4.69) is 14.7 Å². The van der Waals surface area contributed by atoms with E-state index in [9.17, 15) is 15.0 Å². The molecule has 0 aromatic carbocycles. The highest BCUT2D eigenvalue weighted by Gasteiger charge is 2.20. The fourth-order valence-electron chi connectivity index (χ4n) is 1.66. The van der Waals surface area contributed by atoms with Crippen LogP contribution in [0, 0.1) is 0 Å². The molecule has 2 rings (SSSR count). The fourth-order valence-corrected chi connectivity index (χ4v) is 2.28. The maximum Gasteiger partial charge on any atom is 0.358 e. The number of imidazole rings is 1. The van der Waals surface area contributed by atoms with Gasteiger partial charge in [0.15, 0.2) is 5.69 Å². The van der Waals surface area contributed by atoms with E-state index in [0.29, 0.717) is 10.7 Å². The Morgan fingerprint density at radius 3 is 2.95 bits per heavy atom. The highest BCUT2D eigenvalue weighted by atomic mass is 32.1. The maximum atomic E-state index is 11.4. The molecule has 8 heteroatoms. The molecule has 2 aromatic rings. The van der Waals surface area contributed by atoms with Gasteiger partial charge < -0.3 is 19.5 Å². The minimum absolute atomic E-state index is 0.0522. The van der Waals surface area contributed by atoms with E-state index in [1.54, 1.807) is 11.6 Å². The van der Waals surface area contributed by atoms with Crippen molar-refractivity contribution in [1.82, 2.24) is 14.5 Å². The summed E-state index contributed by atoms with van der Waals surface area (Å²) in [6, 6.07) is 0. The molecule has 0 spiro atoms. The van der Waals surface area contributed by atoms with Gasteiger partial charge in [-0.15, -0.1) is 11.3 Å². The number of aliphatic hydroxyl groups is 2. The number of hydrogen-bond donors (Lipinski definition) is 2.